The summed E-state index contributed by atoms with van der Waals surface area (Å²) in [6.45, 7) is 3.81. The summed E-state index contributed by atoms with van der Waals surface area (Å²) in [4.78, 5) is 14.1. The fourth-order valence-corrected chi connectivity index (χ4v) is 3.15. The van der Waals surface area contributed by atoms with E-state index in [0.29, 0.717) is 0 Å². The summed E-state index contributed by atoms with van der Waals surface area (Å²) in [6, 6.07) is 6.38. The van der Waals surface area contributed by atoms with Crippen LogP contribution in [0, 0.1) is 12.8 Å². The first-order chi connectivity index (χ1) is 8.66. The van der Waals surface area contributed by atoms with Crippen LogP contribution in [0.15, 0.2) is 18.2 Å². The van der Waals surface area contributed by atoms with Crippen molar-refractivity contribution in [1.29, 1.82) is 0 Å². The molecule has 3 N–H and O–H groups in total. The largest absolute Gasteiger partial charge is 0.397 e. The van der Waals surface area contributed by atoms with E-state index < -0.39 is 0 Å². The molecule has 2 saturated heterocycles. The number of aryl methyl sites for hydroxylation is 1. The number of carbonyl (C=O) groups excluding carboxylic acids is 1. The molecule has 1 aromatic carbocycles. The Kier molecular flexibility index (Phi) is 2.65. The second-order valence-corrected chi connectivity index (χ2v) is 5.32. The van der Waals surface area contributed by atoms with Crippen LogP contribution in [0.5, 0.6) is 0 Å². The van der Waals surface area contributed by atoms with Gasteiger partial charge in [-0.2, -0.15) is 0 Å². The molecule has 1 amide bonds. The van der Waals surface area contributed by atoms with Gasteiger partial charge in [-0.15, -0.1) is 0 Å². The number of benzene rings is 1. The Hall–Kier alpha value is -1.71. The zero-order chi connectivity index (χ0) is 12.7. The summed E-state index contributed by atoms with van der Waals surface area (Å²) in [6.07, 6.45) is 2.06. The molecule has 2 atom stereocenters. The highest BCUT2D eigenvalue weighted by Crippen LogP contribution is 2.34. The Morgan fingerprint density at radius 2 is 2.28 bits per heavy atom. The topological polar surface area (TPSA) is 58.4 Å². The van der Waals surface area contributed by atoms with Crippen LogP contribution in [-0.2, 0) is 4.79 Å². The average molecular weight is 245 g/mol. The predicted octanol–water partition coefficient (Wildman–Crippen LogP) is 1.29. The number of nitrogens with two attached hydrogens (primary N) is 1. The molecule has 2 fully saturated rings. The highest BCUT2D eigenvalue weighted by atomic mass is 16.2. The molecule has 96 valence electrons. The van der Waals surface area contributed by atoms with Crippen LogP contribution in [0.2, 0.25) is 0 Å². The molecule has 4 nitrogen and oxygen atoms in total. The predicted molar refractivity (Wildman–Crippen MR) is 72.5 cm³/mol. The van der Waals surface area contributed by atoms with Gasteiger partial charge in [0, 0.05) is 13.1 Å². The minimum Gasteiger partial charge on any atom is -0.397 e. The van der Waals surface area contributed by atoms with Crippen molar-refractivity contribution < 1.29 is 4.79 Å². The second kappa shape index (κ2) is 4.19. The molecule has 0 spiro atoms. The van der Waals surface area contributed by atoms with Gasteiger partial charge in [-0.25, -0.2) is 0 Å². The van der Waals surface area contributed by atoms with Crippen LogP contribution in [0.1, 0.15) is 18.4 Å². The number of carbonyl (C=O) groups is 1. The van der Waals surface area contributed by atoms with E-state index >= 15 is 0 Å². The minimum absolute atomic E-state index is 0.138. The average Bonchev–Trinajstić information content (AvgIpc) is 2.75. The zero-order valence-corrected chi connectivity index (χ0v) is 10.6. The number of amides is 1. The van der Waals surface area contributed by atoms with Crippen molar-refractivity contribution in [2.24, 2.45) is 5.92 Å². The molecule has 0 saturated carbocycles. The highest BCUT2D eigenvalue weighted by molar-refractivity contribution is 5.83. The quantitative estimate of drug-likeness (QED) is 0.733. The maximum Gasteiger partial charge on any atom is 0.225 e. The van der Waals surface area contributed by atoms with Gasteiger partial charge < -0.3 is 16.0 Å². The summed E-state index contributed by atoms with van der Waals surface area (Å²) < 4.78 is 0. The van der Waals surface area contributed by atoms with Crippen LogP contribution in [0.3, 0.4) is 0 Å². The lowest BCUT2D eigenvalue weighted by Crippen LogP contribution is -2.46. The van der Waals surface area contributed by atoms with Gasteiger partial charge in [0.1, 0.15) is 0 Å². The summed E-state index contributed by atoms with van der Waals surface area (Å²) in [5.74, 6) is 0.342. The van der Waals surface area contributed by atoms with E-state index in [1.54, 1.807) is 0 Å². The fraction of sp³-hybridized carbons (Fsp3) is 0.500. The van der Waals surface area contributed by atoms with Crippen LogP contribution in [0.25, 0.3) is 0 Å². The lowest BCUT2D eigenvalue weighted by atomic mass is 9.90. The summed E-state index contributed by atoms with van der Waals surface area (Å²) in [5.41, 5.74) is 9.19. The SMILES string of the molecule is Cc1ccc(N)c(N2CCCC3C(=O)NCC32)c1. The number of rotatable bonds is 1. The number of hydrogen-bond donors (Lipinski definition) is 2. The molecule has 2 aliphatic heterocycles. The molecule has 2 aliphatic rings. The van der Waals surface area contributed by atoms with Crippen molar-refractivity contribution in [1.82, 2.24) is 5.32 Å². The highest BCUT2D eigenvalue weighted by Gasteiger charge is 2.41. The lowest BCUT2D eigenvalue weighted by Gasteiger charge is -2.38. The Morgan fingerprint density at radius 1 is 1.44 bits per heavy atom. The van der Waals surface area contributed by atoms with Gasteiger partial charge in [-0.3, -0.25) is 4.79 Å². The van der Waals surface area contributed by atoms with Crippen molar-refractivity contribution >= 4 is 17.3 Å². The summed E-state index contributed by atoms with van der Waals surface area (Å²) >= 11 is 0. The molecule has 3 rings (SSSR count). The molecule has 0 radical (unpaired) electrons. The number of nitrogens with zero attached hydrogens (tertiary/aromatic N) is 1. The van der Waals surface area contributed by atoms with E-state index in [0.717, 1.165) is 37.3 Å². The fourth-order valence-electron chi connectivity index (χ4n) is 3.15. The van der Waals surface area contributed by atoms with Gasteiger partial charge in [0.2, 0.25) is 5.91 Å². The van der Waals surface area contributed by atoms with Gasteiger partial charge in [0.25, 0.3) is 0 Å². The summed E-state index contributed by atoms with van der Waals surface area (Å²) in [7, 11) is 0. The van der Waals surface area contributed by atoms with Crippen LogP contribution < -0.4 is 16.0 Å². The molecule has 18 heavy (non-hydrogen) atoms. The molecule has 1 aromatic rings. The lowest BCUT2D eigenvalue weighted by molar-refractivity contribution is -0.122. The third-order valence-corrected chi connectivity index (χ3v) is 4.10. The standard InChI is InChI=1S/C14H19N3O/c1-9-4-5-11(15)12(7-9)17-6-2-3-10-13(17)8-16-14(10)18/h4-5,7,10,13H,2-3,6,8,15H2,1H3,(H,16,18). The van der Waals surface area contributed by atoms with Crippen LogP contribution in [0.4, 0.5) is 11.4 Å². The third kappa shape index (κ3) is 1.72. The van der Waals surface area contributed by atoms with Crippen molar-refractivity contribution in [2.45, 2.75) is 25.8 Å². The Balaban J connectivity index is 1.95. The normalized spacial score (nSPS) is 26.9. The Morgan fingerprint density at radius 3 is 3.11 bits per heavy atom. The van der Waals surface area contributed by atoms with E-state index in [-0.39, 0.29) is 17.9 Å². The number of hydrogen-bond acceptors (Lipinski definition) is 3. The first-order valence-electron chi connectivity index (χ1n) is 6.57. The molecular formula is C14H19N3O. The van der Waals surface area contributed by atoms with E-state index in [1.807, 2.05) is 12.1 Å². The van der Waals surface area contributed by atoms with E-state index in [2.05, 4.69) is 23.2 Å². The van der Waals surface area contributed by atoms with Gasteiger partial charge >= 0.3 is 0 Å². The first kappa shape index (κ1) is 11.4. The van der Waals surface area contributed by atoms with Crippen molar-refractivity contribution in [3.63, 3.8) is 0 Å². The number of nitrogen functional groups attached to an aromatic ring is 1. The maximum atomic E-state index is 11.8. The Labute approximate surface area is 107 Å². The molecule has 0 aromatic heterocycles. The number of fused-ring (bicyclic) bond motifs is 1. The van der Waals surface area contributed by atoms with Crippen molar-refractivity contribution in [3.8, 4) is 0 Å². The van der Waals surface area contributed by atoms with E-state index in [9.17, 15) is 4.79 Å². The smallest absolute Gasteiger partial charge is 0.225 e. The molecular weight excluding hydrogens is 226 g/mol. The van der Waals surface area contributed by atoms with Crippen molar-refractivity contribution in [3.05, 3.63) is 23.8 Å². The van der Waals surface area contributed by atoms with Gasteiger partial charge in [0.15, 0.2) is 0 Å². The van der Waals surface area contributed by atoms with Gasteiger partial charge in [0.05, 0.1) is 23.3 Å². The van der Waals surface area contributed by atoms with Gasteiger partial charge in [-0.05, 0) is 37.5 Å². The molecule has 0 aliphatic carbocycles. The van der Waals surface area contributed by atoms with E-state index in [1.165, 1.54) is 5.56 Å². The van der Waals surface area contributed by atoms with Crippen molar-refractivity contribution in [2.75, 3.05) is 23.7 Å². The maximum absolute atomic E-state index is 11.8. The number of nitrogens with one attached hydrogen (secondary N) is 1. The molecule has 4 heteroatoms. The van der Waals surface area contributed by atoms with Crippen LogP contribution >= 0.6 is 0 Å². The monoisotopic (exact) mass is 245 g/mol. The van der Waals surface area contributed by atoms with Crippen LogP contribution in [-0.4, -0.2) is 25.0 Å². The van der Waals surface area contributed by atoms with Gasteiger partial charge in [-0.1, -0.05) is 6.07 Å². The molecule has 2 unspecified atom stereocenters. The number of anilines is 2. The zero-order valence-electron chi connectivity index (χ0n) is 10.6. The second-order valence-electron chi connectivity index (χ2n) is 5.32. The minimum atomic E-state index is 0.138. The van der Waals surface area contributed by atoms with E-state index in [4.69, 9.17) is 5.73 Å². The summed E-state index contributed by atoms with van der Waals surface area (Å²) in [5, 5.41) is 2.97. The Bertz CT molecular complexity index is 486. The first-order valence-corrected chi connectivity index (χ1v) is 6.57. The number of piperidine rings is 1. The molecule has 0 bridgehead atoms. The third-order valence-electron chi connectivity index (χ3n) is 4.10. The molecule has 2 heterocycles.